The van der Waals surface area contributed by atoms with Crippen LogP contribution in [-0.2, 0) is 0 Å². The summed E-state index contributed by atoms with van der Waals surface area (Å²) in [5.74, 6) is 0.845. The van der Waals surface area contributed by atoms with E-state index in [0.29, 0.717) is 13.0 Å². The van der Waals surface area contributed by atoms with Crippen molar-refractivity contribution < 1.29 is 5.11 Å². The van der Waals surface area contributed by atoms with Gasteiger partial charge in [0.15, 0.2) is 5.96 Å². The van der Waals surface area contributed by atoms with Crippen LogP contribution in [0.25, 0.3) is 0 Å². The number of likely N-dealkylation sites (tertiary alicyclic amines) is 1. The smallest absolute Gasteiger partial charge is 0.191 e. The first-order valence-electron chi connectivity index (χ1n) is 9.77. The van der Waals surface area contributed by atoms with Crippen LogP contribution < -0.4 is 10.6 Å². The van der Waals surface area contributed by atoms with Crippen molar-refractivity contribution in [2.24, 2.45) is 4.99 Å². The zero-order chi connectivity index (χ0) is 17.7. The molecule has 3 N–H and O–H groups in total. The highest BCUT2D eigenvalue weighted by molar-refractivity contribution is 5.79. The summed E-state index contributed by atoms with van der Waals surface area (Å²) in [7, 11) is 0. The van der Waals surface area contributed by atoms with Gasteiger partial charge in [0.2, 0.25) is 0 Å². The molecule has 2 rings (SSSR count). The topological polar surface area (TPSA) is 59.9 Å². The lowest BCUT2D eigenvalue weighted by atomic mass is 10.1. The quantitative estimate of drug-likeness (QED) is 0.500. The van der Waals surface area contributed by atoms with Crippen molar-refractivity contribution >= 4 is 5.96 Å². The molecule has 0 aliphatic carbocycles. The molecule has 1 fully saturated rings. The van der Waals surface area contributed by atoms with Crippen LogP contribution in [0, 0.1) is 0 Å². The Labute approximate surface area is 152 Å². The van der Waals surface area contributed by atoms with Gasteiger partial charge in [0.25, 0.3) is 0 Å². The number of aliphatic imine (C=N–C) groups is 1. The Morgan fingerprint density at radius 2 is 1.84 bits per heavy atom. The molecule has 1 atom stereocenters. The molecule has 140 valence electrons. The molecule has 0 bridgehead atoms. The Morgan fingerprint density at radius 1 is 1.12 bits per heavy atom. The lowest BCUT2D eigenvalue weighted by Gasteiger charge is -2.20. The first-order chi connectivity index (χ1) is 12.3. The highest BCUT2D eigenvalue weighted by Crippen LogP contribution is 2.15. The lowest BCUT2D eigenvalue weighted by Crippen LogP contribution is -2.42. The second kappa shape index (κ2) is 11.9. The molecule has 1 aromatic rings. The molecule has 0 amide bonds. The first-order valence-corrected chi connectivity index (χ1v) is 9.77. The molecule has 0 spiro atoms. The maximum absolute atomic E-state index is 10.2. The minimum atomic E-state index is -0.454. The fourth-order valence-corrected chi connectivity index (χ4v) is 3.17. The van der Waals surface area contributed by atoms with Gasteiger partial charge in [0, 0.05) is 26.2 Å². The number of aliphatic hydroxyl groups excluding tert-OH is 1. The van der Waals surface area contributed by atoms with Crippen LogP contribution in [0.15, 0.2) is 35.3 Å². The number of hydrogen-bond acceptors (Lipinski definition) is 3. The number of benzene rings is 1. The van der Waals surface area contributed by atoms with Gasteiger partial charge in [-0.05, 0) is 44.8 Å². The number of guanidine groups is 1. The van der Waals surface area contributed by atoms with Crippen LogP contribution >= 0.6 is 0 Å². The molecular weight excluding hydrogens is 312 g/mol. The molecular formula is C20H34N4O. The van der Waals surface area contributed by atoms with E-state index in [-0.39, 0.29) is 0 Å². The summed E-state index contributed by atoms with van der Waals surface area (Å²) in [5.41, 5.74) is 0.955. The minimum Gasteiger partial charge on any atom is -0.388 e. The molecule has 5 nitrogen and oxygen atoms in total. The van der Waals surface area contributed by atoms with E-state index < -0.39 is 6.10 Å². The summed E-state index contributed by atoms with van der Waals surface area (Å²) < 4.78 is 0. The summed E-state index contributed by atoms with van der Waals surface area (Å²) in [6, 6.07) is 9.79. The van der Waals surface area contributed by atoms with E-state index >= 15 is 0 Å². The van der Waals surface area contributed by atoms with Gasteiger partial charge >= 0.3 is 0 Å². The molecule has 1 aliphatic rings. The second-order valence-corrected chi connectivity index (χ2v) is 6.66. The van der Waals surface area contributed by atoms with Crippen LogP contribution in [0.3, 0.4) is 0 Å². The standard InChI is InChI=1S/C20H34N4O/c1-2-21-20(23-14-17-24-15-8-3-4-9-16-24)22-13-12-19(25)18-10-6-5-7-11-18/h5-7,10-11,19,25H,2-4,8-9,12-17H2,1H3,(H2,21,22,23). The lowest BCUT2D eigenvalue weighted by molar-refractivity contribution is 0.170. The van der Waals surface area contributed by atoms with Gasteiger partial charge in [-0.3, -0.25) is 4.99 Å². The SMILES string of the molecule is CCNC(=NCCC(O)c1ccccc1)NCCN1CCCCCC1. The number of hydrogen-bond donors (Lipinski definition) is 3. The molecule has 1 aliphatic heterocycles. The predicted octanol–water partition coefficient (Wildman–Crippen LogP) is 2.54. The van der Waals surface area contributed by atoms with Crippen molar-refractivity contribution in [1.82, 2.24) is 15.5 Å². The van der Waals surface area contributed by atoms with Crippen molar-refractivity contribution in [3.63, 3.8) is 0 Å². The molecule has 0 aromatic heterocycles. The van der Waals surface area contributed by atoms with Gasteiger partial charge in [-0.2, -0.15) is 0 Å². The normalized spacial score (nSPS) is 17.8. The largest absolute Gasteiger partial charge is 0.388 e. The van der Waals surface area contributed by atoms with E-state index in [9.17, 15) is 5.11 Å². The predicted molar refractivity (Wildman–Crippen MR) is 105 cm³/mol. The van der Waals surface area contributed by atoms with Gasteiger partial charge < -0.3 is 20.6 Å². The Hall–Kier alpha value is -1.59. The maximum Gasteiger partial charge on any atom is 0.191 e. The Bertz CT molecular complexity index is 484. The monoisotopic (exact) mass is 346 g/mol. The molecule has 25 heavy (non-hydrogen) atoms. The summed E-state index contributed by atoms with van der Waals surface area (Å²) in [6.45, 7) is 7.94. The highest BCUT2D eigenvalue weighted by atomic mass is 16.3. The third-order valence-corrected chi connectivity index (χ3v) is 4.62. The summed E-state index contributed by atoms with van der Waals surface area (Å²) in [5, 5.41) is 16.9. The van der Waals surface area contributed by atoms with E-state index in [1.165, 1.54) is 38.8 Å². The van der Waals surface area contributed by atoms with E-state index in [1.54, 1.807) is 0 Å². The fraction of sp³-hybridized carbons (Fsp3) is 0.650. The van der Waals surface area contributed by atoms with E-state index in [2.05, 4.69) is 27.4 Å². The van der Waals surface area contributed by atoms with E-state index in [1.807, 2.05) is 30.3 Å². The zero-order valence-electron chi connectivity index (χ0n) is 15.6. The van der Waals surface area contributed by atoms with Crippen molar-refractivity contribution in [1.29, 1.82) is 0 Å². The Balaban J connectivity index is 1.71. The highest BCUT2D eigenvalue weighted by Gasteiger charge is 2.09. The van der Waals surface area contributed by atoms with Gasteiger partial charge in [-0.25, -0.2) is 0 Å². The average molecular weight is 347 g/mol. The van der Waals surface area contributed by atoms with Crippen LogP contribution in [0.2, 0.25) is 0 Å². The number of nitrogens with one attached hydrogen (secondary N) is 2. The molecule has 0 saturated carbocycles. The molecule has 1 unspecified atom stereocenters. The summed E-state index contributed by atoms with van der Waals surface area (Å²) in [6.07, 6.45) is 5.57. The Kier molecular flexibility index (Phi) is 9.37. The van der Waals surface area contributed by atoms with Gasteiger partial charge in [-0.15, -0.1) is 0 Å². The van der Waals surface area contributed by atoms with Gasteiger partial charge in [-0.1, -0.05) is 43.2 Å². The zero-order valence-corrected chi connectivity index (χ0v) is 15.6. The Morgan fingerprint density at radius 3 is 2.52 bits per heavy atom. The van der Waals surface area contributed by atoms with E-state index in [0.717, 1.165) is 31.2 Å². The first kappa shape index (κ1) is 19.7. The summed E-state index contributed by atoms with van der Waals surface area (Å²) >= 11 is 0. The van der Waals surface area contributed by atoms with E-state index in [4.69, 9.17) is 0 Å². The number of nitrogens with zero attached hydrogens (tertiary/aromatic N) is 2. The number of aliphatic hydroxyl groups is 1. The van der Waals surface area contributed by atoms with Crippen molar-refractivity contribution in [2.45, 2.75) is 45.1 Å². The number of rotatable bonds is 8. The molecule has 0 radical (unpaired) electrons. The molecule has 1 heterocycles. The molecule has 1 aromatic carbocycles. The van der Waals surface area contributed by atoms with Crippen molar-refractivity contribution in [2.75, 3.05) is 39.3 Å². The molecule has 1 saturated heterocycles. The fourth-order valence-electron chi connectivity index (χ4n) is 3.17. The van der Waals surface area contributed by atoms with Crippen LogP contribution in [0.5, 0.6) is 0 Å². The van der Waals surface area contributed by atoms with Crippen molar-refractivity contribution in [3.8, 4) is 0 Å². The van der Waals surface area contributed by atoms with Crippen LogP contribution in [-0.4, -0.2) is 55.2 Å². The van der Waals surface area contributed by atoms with Crippen LogP contribution in [0.4, 0.5) is 0 Å². The third kappa shape index (κ3) is 7.88. The average Bonchev–Trinajstić information content (AvgIpc) is 2.91. The van der Waals surface area contributed by atoms with Crippen LogP contribution in [0.1, 0.15) is 50.7 Å². The minimum absolute atomic E-state index is 0.454. The maximum atomic E-state index is 10.2. The van der Waals surface area contributed by atoms with Gasteiger partial charge in [0.05, 0.1) is 6.10 Å². The summed E-state index contributed by atoms with van der Waals surface area (Å²) in [4.78, 5) is 7.14. The van der Waals surface area contributed by atoms with Gasteiger partial charge in [0.1, 0.15) is 0 Å². The van der Waals surface area contributed by atoms with Crippen molar-refractivity contribution in [3.05, 3.63) is 35.9 Å². The molecule has 5 heteroatoms. The third-order valence-electron chi connectivity index (χ3n) is 4.62. The second-order valence-electron chi connectivity index (χ2n) is 6.66.